The van der Waals surface area contributed by atoms with E-state index in [4.69, 9.17) is 10.5 Å². The summed E-state index contributed by atoms with van der Waals surface area (Å²) in [7, 11) is 0. The summed E-state index contributed by atoms with van der Waals surface area (Å²) in [5.41, 5.74) is 9.38. The second-order valence-corrected chi connectivity index (χ2v) is 4.79. The summed E-state index contributed by atoms with van der Waals surface area (Å²) in [6.07, 6.45) is 2.24. The van der Waals surface area contributed by atoms with Gasteiger partial charge in [0.2, 0.25) is 0 Å². The van der Waals surface area contributed by atoms with E-state index in [1.165, 1.54) is 11.1 Å². The molecule has 100 valence electrons. The van der Waals surface area contributed by atoms with E-state index in [0.717, 1.165) is 29.9 Å². The Morgan fingerprint density at radius 1 is 1.00 bits per heavy atom. The Morgan fingerprint density at radius 2 is 1.68 bits per heavy atom. The van der Waals surface area contributed by atoms with Crippen molar-refractivity contribution in [3.05, 3.63) is 59.2 Å². The lowest BCUT2D eigenvalue weighted by Crippen LogP contribution is -1.95. The zero-order valence-electron chi connectivity index (χ0n) is 11.6. The minimum absolute atomic E-state index is 0.561. The number of rotatable bonds is 5. The largest absolute Gasteiger partial charge is 0.457 e. The molecule has 2 heteroatoms. The Morgan fingerprint density at radius 3 is 2.32 bits per heavy atom. The van der Waals surface area contributed by atoms with Crippen LogP contribution in [0.2, 0.25) is 0 Å². The van der Waals surface area contributed by atoms with Crippen LogP contribution in [0.1, 0.15) is 30.0 Å². The van der Waals surface area contributed by atoms with Crippen molar-refractivity contribution < 1.29 is 4.74 Å². The van der Waals surface area contributed by atoms with Gasteiger partial charge in [-0.05, 0) is 54.3 Å². The highest BCUT2D eigenvalue weighted by Gasteiger charge is 2.02. The molecule has 0 aromatic heterocycles. The maximum absolute atomic E-state index is 5.88. The molecule has 0 atom stereocenters. The van der Waals surface area contributed by atoms with Crippen molar-refractivity contribution in [1.82, 2.24) is 0 Å². The van der Waals surface area contributed by atoms with Crippen LogP contribution in [-0.4, -0.2) is 0 Å². The van der Waals surface area contributed by atoms with Gasteiger partial charge in [-0.3, -0.25) is 0 Å². The van der Waals surface area contributed by atoms with E-state index in [1.54, 1.807) is 0 Å². The van der Waals surface area contributed by atoms with Crippen molar-refractivity contribution in [2.45, 2.75) is 33.2 Å². The number of hydrogen-bond acceptors (Lipinski definition) is 2. The Labute approximate surface area is 115 Å². The van der Waals surface area contributed by atoms with Gasteiger partial charge in [-0.2, -0.15) is 0 Å². The third-order valence-corrected chi connectivity index (χ3v) is 3.23. The van der Waals surface area contributed by atoms with E-state index in [0.29, 0.717) is 6.54 Å². The molecule has 0 bridgehead atoms. The van der Waals surface area contributed by atoms with Crippen LogP contribution < -0.4 is 10.5 Å². The lowest BCUT2D eigenvalue weighted by molar-refractivity contribution is 0.481. The first-order valence-corrected chi connectivity index (χ1v) is 6.79. The first kappa shape index (κ1) is 13.6. The van der Waals surface area contributed by atoms with Gasteiger partial charge < -0.3 is 10.5 Å². The monoisotopic (exact) mass is 255 g/mol. The molecule has 2 aromatic carbocycles. The summed E-state index contributed by atoms with van der Waals surface area (Å²) in [6, 6.07) is 14.2. The highest BCUT2D eigenvalue weighted by atomic mass is 16.5. The molecule has 2 nitrogen and oxygen atoms in total. The molecule has 0 fully saturated rings. The predicted molar refractivity (Wildman–Crippen MR) is 79.6 cm³/mol. The minimum atomic E-state index is 0.561. The molecule has 2 N–H and O–H groups in total. The van der Waals surface area contributed by atoms with Crippen LogP contribution in [0, 0.1) is 6.92 Å². The van der Waals surface area contributed by atoms with Gasteiger partial charge in [0.25, 0.3) is 0 Å². The van der Waals surface area contributed by atoms with Crippen molar-refractivity contribution in [2.75, 3.05) is 0 Å². The number of hydrogen-bond donors (Lipinski definition) is 1. The zero-order chi connectivity index (χ0) is 13.7. The molecule has 0 radical (unpaired) electrons. The fourth-order valence-electron chi connectivity index (χ4n) is 2.08. The van der Waals surface area contributed by atoms with Crippen LogP contribution in [0.5, 0.6) is 11.5 Å². The number of nitrogens with two attached hydrogens (primary N) is 1. The topological polar surface area (TPSA) is 35.2 Å². The second kappa shape index (κ2) is 6.39. The first-order chi connectivity index (χ1) is 9.22. The van der Waals surface area contributed by atoms with E-state index in [1.807, 2.05) is 30.3 Å². The summed E-state index contributed by atoms with van der Waals surface area (Å²) >= 11 is 0. The summed E-state index contributed by atoms with van der Waals surface area (Å²) < 4.78 is 5.88. The lowest BCUT2D eigenvalue weighted by Gasteiger charge is -2.10. The fourth-order valence-corrected chi connectivity index (χ4v) is 2.08. The molecule has 0 aliphatic rings. The standard InChI is InChI=1S/C17H21NO/c1-3-4-15-11-17(8-5-13(15)2)19-16-9-6-14(12-18)7-10-16/h5-11H,3-4,12,18H2,1-2H3. The lowest BCUT2D eigenvalue weighted by atomic mass is 10.0. The number of benzene rings is 2. The third-order valence-electron chi connectivity index (χ3n) is 3.23. The van der Waals surface area contributed by atoms with Crippen molar-refractivity contribution in [3.63, 3.8) is 0 Å². The number of aryl methyl sites for hydroxylation is 2. The van der Waals surface area contributed by atoms with Gasteiger partial charge in [-0.1, -0.05) is 31.5 Å². The van der Waals surface area contributed by atoms with E-state index in [9.17, 15) is 0 Å². The third kappa shape index (κ3) is 3.58. The molecule has 19 heavy (non-hydrogen) atoms. The SMILES string of the molecule is CCCc1cc(Oc2ccc(CN)cc2)ccc1C. The molecule has 2 rings (SSSR count). The molecule has 0 aliphatic heterocycles. The van der Waals surface area contributed by atoms with Crippen molar-refractivity contribution in [3.8, 4) is 11.5 Å². The molecule has 0 amide bonds. The molecule has 0 spiro atoms. The van der Waals surface area contributed by atoms with E-state index in [2.05, 4.69) is 26.0 Å². The van der Waals surface area contributed by atoms with E-state index < -0.39 is 0 Å². The maximum atomic E-state index is 5.88. The van der Waals surface area contributed by atoms with Crippen LogP contribution in [0.4, 0.5) is 0 Å². The van der Waals surface area contributed by atoms with Gasteiger partial charge in [0.1, 0.15) is 11.5 Å². The van der Waals surface area contributed by atoms with Gasteiger partial charge in [-0.15, -0.1) is 0 Å². The molecule has 0 heterocycles. The molecular formula is C17H21NO. The highest BCUT2D eigenvalue weighted by Crippen LogP contribution is 2.24. The van der Waals surface area contributed by atoms with Gasteiger partial charge in [0.05, 0.1) is 0 Å². The van der Waals surface area contributed by atoms with E-state index in [-0.39, 0.29) is 0 Å². The second-order valence-electron chi connectivity index (χ2n) is 4.79. The quantitative estimate of drug-likeness (QED) is 0.869. The normalized spacial score (nSPS) is 10.5. The Bertz CT molecular complexity index is 531. The molecule has 0 unspecified atom stereocenters. The zero-order valence-corrected chi connectivity index (χ0v) is 11.6. The van der Waals surface area contributed by atoms with Crippen LogP contribution in [-0.2, 0) is 13.0 Å². The average molecular weight is 255 g/mol. The van der Waals surface area contributed by atoms with Gasteiger partial charge >= 0.3 is 0 Å². The molecule has 2 aromatic rings. The summed E-state index contributed by atoms with van der Waals surface area (Å²) in [4.78, 5) is 0. The highest BCUT2D eigenvalue weighted by molar-refractivity contribution is 5.38. The fraction of sp³-hybridized carbons (Fsp3) is 0.294. The van der Waals surface area contributed by atoms with Crippen molar-refractivity contribution in [1.29, 1.82) is 0 Å². The molecule has 0 saturated heterocycles. The summed E-state index contributed by atoms with van der Waals surface area (Å²) in [5, 5.41) is 0. The van der Waals surface area contributed by atoms with Gasteiger partial charge in [0, 0.05) is 6.54 Å². The van der Waals surface area contributed by atoms with Crippen LogP contribution >= 0.6 is 0 Å². The first-order valence-electron chi connectivity index (χ1n) is 6.79. The minimum Gasteiger partial charge on any atom is -0.457 e. The van der Waals surface area contributed by atoms with E-state index >= 15 is 0 Å². The molecule has 0 saturated carbocycles. The maximum Gasteiger partial charge on any atom is 0.127 e. The van der Waals surface area contributed by atoms with Gasteiger partial charge in [-0.25, -0.2) is 0 Å². The predicted octanol–water partition coefficient (Wildman–Crippen LogP) is 4.20. The van der Waals surface area contributed by atoms with Crippen LogP contribution in [0.25, 0.3) is 0 Å². The van der Waals surface area contributed by atoms with Crippen LogP contribution in [0.15, 0.2) is 42.5 Å². The molecule has 0 aliphatic carbocycles. The average Bonchev–Trinajstić information content (AvgIpc) is 2.44. The number of ether oxygens (including phenoxy) is 1. The van der Waals surface area contributed by atoms with Crippen molar-refractivity contribution in [2.24, 2.45) is 5.73 Å². The summed E-state index contributed by atoms with van der Waals surface area (Å²) in [6.45, 7) is 4.90. The smallest absolute Gasteiger partial charge is 0.127 e. The Hall–Kier alpha value is -1.80. The molecular weight excluding hydrogens is 234 g/mol. The summed E-state index contributed by atoms with van der Waals surface area (Å²) in [5.74, 6) is 1.75. The van der Waals surface area contributed by atoms with Crippen molar-refractivity contribution >= 4 is 0 Å². The van der Waals surface area contributed by atoms with Crippen LogP contribution in [0.3, 0.4) is 0 Å². The Kier molecular flexibility index (Phi) is 4.58. The Balaban J connectivity index is 2.15. The van der Waals surface area contributed by atoms with Gasteiger partial charge in [0.15, 0.2) is 0 Å².